The summed E-state index contributed by atoms with van der Waals surface area (Å²) < 4.78 is 54.7. The Kier molecular flexibility index (Phi) is 7.80. The third-order valence-electron chi connectivity index (χ3n) is 8.31. The van der Waals surface area contributed by atoms with Crippen molar-refractivity contribution in [3.8, 4) is 5.75 Å². The number of carbonyl (C=O) groups excluding carboxylic acids is 2. The molecule has 45 heavy (non-hydrogen) atoms. The van der Waals surface area contributed by atoms with Crippen LogP contribution in [0.15, 0.2) is 54.1 Å². The number of methoxy groups -OCH3 is 1. The molecule has 14 heteroatoms. The Labute approximate surface area is 262 Å². The number of primary amides is 1. The van der Waals surface area contributed by atoms with Crippen LogP contribution in [0.25, 0.3) is 0 Å². The largest absolute Gasteiger partial charge is 0.476 e. The van der Waals surface area contributed by atoms with Crippen LogP contribution in [-0.4, -0.2) is 51.8 Å². The van der Waals surface area contributed by atoms with Crippen molar-refractivity contribution in [3.63, 3.8) is 0 Å². The number of pyridine rings is 1. The molecule has 3 aliphatic rings. The van der Waals surface area contributed by atoms with Gasteiger partial charge >= 0.3 is 6.18 Å². The van der Waals surface area contributed by atoms with Crippen LogP contribution in [0, 0.1) is 5.92 Å². The van der Waals surface area contributed by atoms with E-state index in [1.807, 2.05) is 0 Å². The Morgan fingerprint density at radius 2 is 2.00 bits per heavy atom. The molecule has 3 aromatic rings. The first-order valence-electron chi connectivity index (χ1n) is 14.5. The maximum absolute atomic E-state index is 14.2. The molecule has 0 spiro atoms. The van der Waals surface area contributed by atoms with Gasteiger partial charge < -0.3 is 25.1 Å². The molecule has 1 aliphatic carbocycles. The minimum Gasteiger partial charge on any atom is -0.476 e. The second kappa shape index (κ2) is 11.4. The van der Waals surface area contributed by atoms with E-state index in [1.54, 1.807) is 49.1 Å². The van der Waals surface area contributed by atoms with Crippen LogP contribution in [0.1, 0.15) is 62.0 Å². The number of allylic oxidation sites excluding steroid dienone is 1. The van der Waals surface area contributed by atoms with Gasteiger partial charge in [-0.1, -0.05) is 17.7 Å². The number of amides is 2. The number of imidazole rings is 1. The van der Waals surface area contributed by atoms with Gasteiger partial charge in [0, 0.05) is 24.6 Å². The summed E-state index contributed by atoms with van der Waals surface area (Å²) in [6, 6.07) is 6.49. The highest BCUT2D eigenvalue weighted by molar-refractivity contribution is 6.30. The lowest BCUT2D eigenvalue weighted by Gasteiger charge is -2.39. The van der Waals surface area contributed by atoms with Crippen molar-refractivity contribution < 1.29 is 32.2 Å². The number of carbonyl (C=O) groups is 2. The average molecular weight is 645 g/mol. The minimum atomic E-state index is -4.63. The summed E-state index contributed by atoms with van der Waals surface area (Å²) in [6.07, 6.45) is 0.307. The van der Waals surface area contributed by atoms with Gasteiger partial charge in [-0.3, -0.25) is 19.5 Å². The molecule has 1 saturated carbocycles. The lowest BCUT2D eigenvalue weighted by Crippen LogP contribution is -2.52. The molecule has 2 atom stereocenters. The van der Waals surface area contributed by atoms with E-state index in [9.17, 15) is 22.8 Å². The molecule has 4 heterocycles. The molecule has 2 aromatic heterocycles. The monoisotopic (exact) mass is 644 g/mol. The van der Waals surface area contributed by atoms with E-state index in [-0.39, 0.29) is 35.5 Å². The van der Waals surface area contributed by atoms with Crippen LogP contribution in [0.2, 0.25) is 5.02 Å². The van der Waals surface area contributed by atoms with Crippen molar-refractivity contribution >= 4 is 34.9 Å². The van der Waals surface area contributed by atoms with Crippen molar-refractivity contribution in [3.05, 3.63) is 76.1 Å². The molecule has 10 nitrogen and oxygen atoms in total. The van der Waals surface area contributed by atoms with E-state index in [2.05, 4.69) is 15.3 Å². The minimum absolute atomic E-state index is 0.115. The Balaban J connectivity index is 1.48. The number of nitrogens with one attached hydrogen (secondary N) is 1. The SMILES string of the molecule is COCC(n1cnc2c1NC(CC1CC1)=C(C(N)=O)C2c1ccc2c(c1)OC(C)(C)C(=O)N2Cc1ccc(Cl)cn1)C(F)(F)F. The standard InChI is InChI=1S/C31H32ClF3N6O4/c1-30(2)29(43)40(13-19-8-7-18(32)12-37-19)21-9-6-17(11-22(21)45-30)24-25(27(36)42)20(10-16-4-5-16)39-28-26(24)38-15-41(28)23(14-44-3)31(33,34)35/h6-9,11-12,15-16,23-24,39H,4-5,10,13-14H2,1-3H3,(H2,36,42). The predicted octanol–water partition coefficient (Wildman–Crippen LogP) is 5.48. The van der Waals surface area contributed by atoms with Crippen molar-refractivity contribution in [1.29, 1.82) is 0 Å². The number of nitrogens with two attached hydrogens (primary N) is 1. The van der Waals surface area contributed by atoms with Gasteiger partial charge in [-0.25, -0.2) is 4.98 Å². The van der Waals surface area contributed by atoms with Gasteiger partial charge in [-0.15, -0.1) is 0 Å². The number of halogens is 4. The first-order valence-corrected chi connectivity index (χ1v) is 14.8. The Morgan fingerprint density at radius 1 is 1.24 bits per heavy atom. The van der Waals surface area contributed by atoms with Gasteiger partial charge in [0.25, 0.3) is 5.91 Å². The van der Waals surface area contributed by atoms with Gasteiger partial charge in [0.15, 0.2) is 11.6 Å². The molecule has 0 saturated heterocycles. The van der Waals surface area contributed by atoms with E-state index < -0.39 is 36.3 Å². The van der Waals surface area contributed by atoms with E-state index in [4.69, 9.17) is 26.8 Å². The highest BCUT2D eigenvalue weighted by atomic mass is 35.5. The number of anilines is 2. The number of rotatable bonds is 9. The Bertz CT molecular complexity index is 1680. The summed E-state index contributed by atoms with van der Waals surface area (Å²) in [5.41, 5.74) is 7.22. The van der Waals surface area contributed by atoms with E-state index in [0.717, 1.165) is 23.7 Å². The molecule has 2 amide bonds. The molecule has 0 bridgehead atoms. The number of fused-ring (bicyclic) bond motifs is 2. The molecule has 3 N–H and O–H groups in total. The maximum atomic E-state index is 14.2. The third kappa shape index (κ3) is 5.86. The number of hydrogen-bond donors (Lipinski definition) is 2. The lowest BCUT2D eigenvalue weighted by molar-refractivity contribution is -0.178. The van der Waals surface area contributed by atoms with Crippen LogP contribution in [0.4, 0.5) is 24.7 Å². The summed E-state index contributed by atoms with van der Waals surface area (Å²) in [7, 11) is 1.20. The lowest BCUT2D eigenvalue weighted by atomic mass is 9.82. The Hall–Kier alpha value is -4.10. The van der Waals surface area contributed by atoms with Crippen LogP contribution < -0.4 is 20.7 Å². The van der Waals surface area contributed by atoms with Crippen LogP contribution in [-0.2, 0) is 20.9 Å². The first kappa shape index (κ1) is 30.9. The highest BCUT2D eigenvalue weighted by Gasteiger charge is 2.46. The predicted molar refractivity (Wildman–Crippen MR) is 160 cm³/mol. The number of hydrogen-bond acceptors (Lipinski definition) is 7. The molecule has 238 valence electrons. The third-order valence-corrected chi connectivity index (χ3v) is 8.54. The summed E-state index contributed by atoms with van der Waals surface area (Å²) in [6.45, 7) is 2.81. The number of ether oxygens (including phenoxy) is 2. The molecule has 2 aliphatic heterocycles. The van der Waals surface area contributed by atoms with Crippen LogP contribution >= 0.6 is 11.6 Å². The summed E-state index contributed by atoms with van der Waals surface area (Å²) in [4.78, 5) is 36.8. The van der Waals surface area contributed by atoms with E-state index >= 15 is 0 Å². The zero-order valence-electron chi connectivity index (χ0n) is 24.8. The van der Waals surface area contributed by atoms with E-state index in [1.165, 1.54) is 13.3 Å². The van der Waals surface area contributed by atoms with E-state index in [0.29, 0.717) is 39.8 Å². The maximum Gasteiger partial charge on any atom is 0.411 e. The molecular weight excluding hydrogens is 613 g/mol. The molecule has 6 rings (SSSR count). The van der Waals surface area contributed by atoms with Gasteiger partial charge in [-0.05, 0) is 68.9 Å². The van der Waals surface area contributed by atoms with Crippen molar-refractivity contribution in [2.75, 3.05) is 23.9 Å². The van der Waals surface area contributed by atoms with Gasteiger partial charge in [0.2, 0.25) is 5.91 Å². The number of nitrogens with zero attached hydrogens (tertiary/aromatic N) is 4. The van der Waals surface area contributed by atoms with Crippen molar-refractivity contribution in [2.24, 2.45) is 11.7 Å². The smallest absolute Gasteiger partial charge is 0.411 e. The fourth-order valence-electron chi connectivity index (χ4n) is 5.94. The second-order valence-corrected chi connectivity index (χ2v) is 12.5. The number of aromatic nitrogens is 3. The Morgan fingerprint density at radius 3 is 2.62 bits per heavy atom. The molecule has 1 aromatic carbocycles. The number of benzene rings is 1. The highest BCUT2D eigenvalue weighted by Crippen LogP contribution is 2.49. The summed E-state index contributed by atoms with van der Waals surface area (Å²) in [5, 5.41) is 3.56. The summed E-state index contributed by atoms with van der Waals surface area (Å²) in [5.74, 6) is -1.15. The van der Waals surface area contributed by atoms with Gasteiger partial charge in [0.1, 0.15) is 11.6 Å². The van der Waals surface area contributed by atoms with Crippen LogP contribution in [0.3, 0.4) is 0 Å². The van der Waals surface area contributed by atoms with Gasteiger partial charge in [-0.2, -0.15) is 13.2 Å². The molecular formula is C31H32ClF3N6O4. The number of alkyl halides is 3. The van der Waals surface area contributed by atoms with Crippen LogP contribution in [0.5, 0.6) is 5.75 Å². The normalized spacial score (nSPS) is 19.8. The van der Waals surface area contributed by atoms with Crippen molar-refractivity contribution in [2.45, 2.75) is 63.4 Å². The quantitative estimate of drug-likeness (QED) is 0.316. The molecule has 1 fully saturated rings. The summed E-state index contributed by atoms with van der Waals surface area (Å²) >= 11 is 6.00. The average Bonchev–Trinajstić information content (AvgIpc) is 3.69. The second-order valence-electron chi connectivity index (χ2n) is 12.1. The van der Waals surface area contributed by atoms with Gasteiger partial charge in [0.05, 0.1) is 47.5 Å². The molecule has 2 unspecified atom stereocenters. The fourth-order valence-corrected chi connectivity index (χ4v) is 6.05. The fraction of sp³-hybridized carbons (Fsp3) is 0.419. The first-order chi connectivity index (χ1) is 21.3. The zero-order valence-corrected chi connectivity index (χ0v) is 25.6. The zero-order chi connectivity index (χ0) is 32.3. The van der Waals surface area contributed by atoms with Crippen molar-refractivity contribution in [1.82, 2.24) is 14.5 Å². The molecule has 0 radical (unpaired) electrons. The topological polar surface area (TPSA) is 125 Å².